The Morgan fingerprint density at radius 1 is 1.14 bits per heavy atom. The van der Waals surface area contributed by atoms with Crippen molar-refractivity contribution < 1.29 is 14.3 Å². The van der Waals surface area contributed by atoms with Gasteiger partial charge in [0.05, 0.1) is 17.4 Å². The molecule has 2 aromatic rings. The summed E-state index contributed by atoms with van der Waals surface area (Å²) in [5, 5.41) is 15.5. The molecule has 3 rings (SSSR count). The number of rotatable bonds is 3. The highest BCUT2D eigenvalue weighted by Crippen LogP contribution is 2.40. The Morgan fingerprint density at radius 3 is 2.41 bits per heavy atom. The van der Waals surface area contributed by atoms with Crippen LogP contribution in [-0.2, 0) is 4.79 Å². The van der Waals surface area contributed by atoms with Crippen molar-refractivity contribution >= 4 is 17.4 Å². The first-order valence-electron chi connectivity index (χ1n) is 6.96. The van der Waals surface area contributed by atoms with Crippen LogP contribution in [0.25, 0.3) is 0 Å². The van der Waals surface area contributed by atoms with Crippen molar-refractivity contribution in [3.63, 3.8) is 0 Å². The second-order valence-corrected chi connectivity index (χ2v) is 5.20. The van der Waals surface area contributed by atoms with Gasteiger partial charge in [-0.2, -0.15) is 5.10 Å². The van der Waals surface area contributed by atoms with Crippen LogP contribution in [0.4, 0.5) is 10.1 Å². The van der Waals surface area contributed by atoms with Gasteiger partial charge >= 0.3 is 5.97 Å². The minimum absolute atomic E-state index is 0.333. The molecule has 1 N–H and O–H groups in total. The van der Waals surface area contributed by atoms with Gasteiger partial charge in [-0.1, -0.05) is 36.4 Å². The molecule has 0 saturated carbocycles. The highest BCUT2D eigenvalue weighted by Gasteiger charge is 2.43. The lowest BCUT2D eigenvalue weighted by molar-refractivity contribution is -0.139. The molecule has 2 unspecified atom stereocenters. The van der Waals surface area contributed by atoms with E-state index in [1.54, 1.807) is 30.1 Å². The molecule has 0 amide bonds. The minimum atomic E-state index is -1.01. The summed E-state index contributed by atoms with van der Waals surface area (Å²) >= 11 is 0. The Morgan fingerprint density at radius 2 is 1.77 bits per heavy atom. The number of hydrogen-bond donors (Lipinski definition) is 1. The summed E-state index contributed by atoms with van der Waals surface area (Å²) in [5.41, 5.74) is 1.53. The molecule has 0 saturated heterocycles. The molecule has 0 aromatic heterocycles. The van der Waals surface area contributed by atoms with E-state index in [9.17, 15) is 14.3 Å². The Bertz CT molecular complexity index is 730. The van der Waals surface area contributed by atoms with E-state index < -0.39 is 23.7 Å². The molecular weight excluding hydrogens is 283 g/mol. The predicted molar refractivity (Wildman–Crippen MR) is 82.3 cm³/mol. The first-order valence-corrected chi connectivity index (χ1v) is 6.96. The molecule has 4 nitrogen and oxygen atoms in total. The van der Waals surface area contributed by atoms with Crippen molar-refractivity contribution in [1.82, 2.24) is 0 Å². The fourth-order valence-corrected chi connectivity index (χ4v) is 2.80. The summed E-state index contributed by atoms with van der Waals surface area (Å²) in [4.78, 5) is 11.7. The van der Waals surface area contributed by atoms with Crippen LogP contribution in [0.3, 0.4) is 0 Å². The topological polar surface area (TPSA) is 52.9 Å². The number of benzene rings is 2. The van der Waals surface area contributed by atoms with Crippen LogP contribution in [-0.4, -0.2) is 16.8 Å². The first-order chi connectivity index (χ1) is 10.6. The number of carboxylic acids is 1. The van der Waals surface area contributed by atoms with Crippen molar-refractivity contribution in [2.75, 3.05) is 5.01 Å². The molecule has 112 valence electrons. The van der Waals surface area contributed by atoms with Crippen LogP contribution < -0.4 is 5.01 Å². The average Bonchev–Trinajstić information content (AvgIpc) is 2.86. The molecule has 1 aliphatic heterocycles. The number of nitrogens with zero attached hydrogens (tertiary/aromatic N) is 2. The third-order valence-electron chi connectivity index (χ3n) is 3.81. The van der Waals surface area contributed by atoms with Gasteiger partial charge in [0.2, 0.25) is 0 Å². The molecule has 5 heteroatoms. The molecule has 0 radical (unpaired) electrons. The third-order valence-corrected chi connectivity index (χ3v) is 3.81. The Balaban J connectivity index is 2.13. The average molecular weight is 298 g/mol. The predicted octanol–water partition coefficient (Wildman–Crippen LogP) is 3.46. The largest absolute Gasteiger partial charge is 0.481 e. The van der Waals surface area contributed by atoms with Crippen molar-refractivity contribution in [3.05, 3.63) is 66.0 Å². The van der Waals surface area contributed by atoms with Crippen LogP contribution in [0.15, 0.2) is 59.7 Å². The van der Waals surface area contributed by atoms with Gasteiger partial charge in [0.25, 0.3) is 0 Å². The molecule has 0 bridgehead atoms. The van der Waals surface area contributed by atoms with Crippen LogP contribution in [0.1, 0.15) is 18.5 Å². The molecule has 2 aromatic carbocycles. The van der Waals surface area contributed by atoms with Crippen molar-refractivity contribution in [3.8, 4) is 0 Å². The van der Waals surface area contributed by atoms with Gasteiger partial charge in [0.15, 0.2) is 0 Å². The van der Waals surface area contributed by atoms with Crippen LogP contribution in [0.2, 0.25) is 0 Å². The number of hydrogen-bond acceptors (Lipinski definition) is 3. The molecule has 1 aliphatic rings. The number of hydrazone groups is 1. The van der Waals surface area contributed by atoms with E-state index in [2.05, 4.69) is 5.10 Å². The Labute approximate surface area is 127 Å². The maximum Gasteiger partial charge on any atom is 0.314 e. The normalized spacial score (nSPS) is 20.8. The van der Waals surface area contributed by atoms with E-state index in [1.165, 1.54) is 6.07 Å². The number of halogens is 1. The maximum absolute atomic E-state index is 14.2. The van der Waals surface area contributed by atoms with Crippen molar-refractivity contribution in [2.24, 2.45) is 11.0 Å². The Hall–Kier alpha value is -2.69. The number of para-hydroxylation sites is 1. The van der Waals surface area contributed by atoms with Crippen LogP contribution in [0, 0.1) is 11.7 Å². The lowest BCUT2D eigenvalue weighted by atomic mass is 9.90. The highest BCUT2D eigenvalue weighted by molar-refractivity contribution is 6.03. The lowest BCUT2D eigenvalue weighted by Crippen LogP contribution is -2.31. The van der Waals surface area contributed by atoms with E-state index >= 15 is 0 Å². The zero-order valence-corrected chi connectivity index (χ0v) is 12.0. The van der Waals surface area contributed by atoms with Gasteiger partial charge in [0, 0.05) is 5.56 Å². The zero-order chi connectivity index (χ0) is 15.7. The minimum Gasteiger partial charge on any atom is -0.481 e. The van der Waals surface area contributed by atoms with Gasteiger partial charge in [-0.05, 0) is 25.1 Å². The standard InChI is InChI=1S/C17H15FN2O2/c1-11-15(17(21)22)16(13-9-5-6-10-14(13)18)20(19-11)12-7-3-2-4-8-12/h2-10,15-16H,1H3,(H,21,22). The molecule has 0 aliphatic carbocycles. The van der Waals surface area contributed by atoms with E-state index in [4.69, 9.17) is 0 Å². The molecule has 2 atom stereocenters. The molecular formula is C17H15FN2O2. The summed E-state index contributed by atoms with van der Waals surface area (Å²) in [6.07, 6.45) is 0. The fourth-order valence-electron chi connectivity index (χ4n) is 2.80. The lowest BCUT2D eigenvalue weighted by Gasteiger charge is -2.27. The quantitative estimate of drug-likeness (QED) is 0.944. The second kappa shape index (κ2) is 5.60. The van der Waals surface area contributed by atoms with E-state index in [0.29, 0.717) is 11.3 Å². The fraction of sp³-hybridized carbons (Fsp3) is 0.176. The van der Waals surface area contributed by atoms with Crippen molar-refractivity contribution in [1.29, 1.82) is 0 Å². The second-order valence-electron chi connectivity index (χ2n) is 5.20. The van der Waals surface area contributed by atoms with Crippen LogP contribution >= 0.6 is 0 Å². The SMILES string of the molecule is CC1=NN(c2ccccc2)C(c2ccccc2F)C1C(=O)O. The number of carbonyl (C=O) groups is 1. The molecule has 22 heavy (non-hydrogen) atoms. The zero-order valence-electron chi connectivity index (χ0n) is 12.0. The first kappa shape index (κ1) is 14.3. The van der Waals surface area contributed by atoms with Gasteiger partial charge in [-0.15, -0.1) is 0 Å². The van der Waals surface area contributed by atoms with Gasteiger partial charge in [-0.25, -0.2) is 4.39 Å². The number of aliphatic carboxylic acids is 1. The summed E-state index contributed by atoms with van der Waals surface area (Å²) in [6.45, 7) is 1.66. The van der Waals surface area contributed by atoms with Crippen LogP contribution in [0.5, 0.6) is 0 Å². The summed E-state index contributed by atoms with van der Waals surface area (Å²) < 4.78 is 14.2. The van der Waals surface area contributed by atoms with Gasteiger partial charge in [0.1, 0.15) is 11.7 Å². The van der Waals surface area contributed by atoms with E-state index in [0.717, 1.165) is 5.69 Å². The summed E-state index contributed by atoms with van der Waals surface area (Å²) in [7, 11) is 0. The molecule has 1 heterocycles. The summed E-state index contributed by atoms with van der Waals surface area (Å²) in [5.74, 6) is -2.31. The molecule has 0 spiro atoms. The third kappa shape index (κ3) is 2.35. The van der Waals surface area contributed by atoms with E-state index in [1.807, 2.05) is 30.3 Å². The Kier molecular flexibility index (Phi) is 3.63. The van der Waals surface area contributed by atoms with Crippen molar-refractivity contribution in [2.45, 2.75) is 13.0 Å². The number of anilines is 1. The highest BCUT2D eigenvalue weighted by atomic mass is 19.1. The monoisotopic (exact) mass is 298 g/mol. The number of carboxylic acid groups (broad SMARTS) is 1. The summed E-state index contributed by atoms with van der Waals surface area (Å²) in [6, 6.07) is 14.7. The molecule has 0 fully saturated rings. The van der Waals surface area contributed by atoms with E-state index in [-0.39, 0.29) is 0 Å². The smallest absolute Gasteiger partial charge is 0.314 e. The van der Waals surface area contributed by atoms with Gasteiger partial charge in [-0.3, -0.25) is 9.80 Å². The maximum atomic E-state index is 14.2. The van der Waals surface area contributed by atoms with Gasteiger partial charge < -0.3 is 5.11 Å².